The quantitative estimate of drug-likeness (QED) is 0.204. The van der Waals surface area contributed by atoms with E-state index in [1.165, 1.54) is 6.08 Å². The smallest absolute Gasteiger partial charge is 0.459 e. The molecule has 0 saturated heterocycles. The average Bonchev–Trinajstić information content (AvgIpc) is 3.26. The van der Waals surface area contributed by atoms with Crippen LogP contribution in [-0.2, 0) is 0 Å². The van der Waals surface area contributed by atoms with Crippen molar-refractivity contribution in [1.29, 1.82) is 0 Å². The molecule has 1 heterocycles. The van der Waals surface area contributed by atoms with E-state index in [1.54, 1.807) is 6.08 Å². The van der Waals surface area contributed by atoms with Gasteiger partial charge in [0, 0.05) is 6.92 Å². The maximum absolute atomic E-state index is 13.5. The molecule has 0 spiro atoms. The molecular formula is C21H22F11N3O3. The van der Waals surface area contributed by atoms with Crippen LogP contribution in [-0.4, -0.2) is 64.6 Å². The van der Waals surface area contributed by atoms with Crippen LogP contribution in [0.2, 0.25) is 0 Å². The molecule has 1 aromatic heterocycles. The van der Waals surface area contributed by atoms with Crippen LogP contribution in [0.1, 0.15) is 26.2 Å². The molecule has 38 heavy (non-hydrogen) atoms. The molecule has 0 amide bonds. The van der Waals surface area contributed by atoms with E-state index >= 15 is 0 Å². The Morgan fingerprint density at radius 3 is 1.68 bits per heavy atom. The molecule has 2 rings (SSSR count). The van der Waals surface area contributed by atoms with E-state index in [0.29, 0.717) is 5.92 Å². The Kier molecular flexibility index (Phi) is 9.46. The highest BCUT2D eigenvalue weighted by Gasteiger charge is 2.73. The van der Waals surface area contributed by atoms with Crippen molar-refractivity contribution in [2.24, 2.45) is 11.8 Å². The van der Waals surface area contributed by atoms with Gasteiger partial charge in [0.05, 0.1) is 0 Å². The summed E-state index contributed by atoms with van der Waals surface area (Å²) in [4.78, 5) is 9.70. The number of aromatic nitrogens is 3. The van der Waals surface area contributed by atoms with Crippen LogP contribution >= 0.6 is 0 Å². The molecule has 2 unspecified atom stereocenters. The second-order valence-electron chi connectivity index (χ2n) is 8.44. The number of halogens is 11. The fraction of sp³-hybridized carbons (Fsp3) is 0.667. The summed E-state index contributed by atoms with van der Waals surface area (Å²) in [6.45, 7) is -1.37. The van der Waals surface area contributed by atoms with Gasteiger partial charge in [0.2, 0.25) is 0 Å². The normalized spacial score (nSPS) is 19.6. The van der Waals surface area contributed by atoms with Crippen molar-refractivity contribution in [2.45, 2.75) is 56.1 Å². The molecule has 1 aliphatic carbocycles. The van der Waals surface area contributed by atoms with Gasteiger partial charge in [-0.15, -0.1) is 21.5 Å². The van der Waals surface area contributed by atoms with E-state index in [0.717, 1.165) is 19.3 Å². The van der Waals surface area contributed by atoms with Gasteiger partial charge in [-0.25, -0.2) is 8.78 Å². The molecule has 17 heteroatoms. The van der Waals surface area contributed by atoms with Crippen molar-refractivity contribution in [3.8, 4) is 18.0 Å². The van der Waals surface area contributed by atoms with Gasteiger partial charge < -0.3 is 14.2 Å². The van der Waals surface area contributed by atoms with E-state index in [9.17, 15) is 48.3 Å². The van der Waals surface area contributed by atoms with Crippen LogP contribution in [0, 0.1) is 11.8 Å². The first kappa shape index (κ1) is 31.3. The number of hydrogen-bond acceptors (Lipinski definition) is 6. The van der Waals surface area contributed by atoms with Gasteiger partial charge in [0.1, 0.15) is 6.61 Å². The second-order valence-corrected chi connectivity index (χ2v) is 8.44. The minimum Gasteiger partial charge on any atom is -0.459 e. The maximum Gasteiger partial charge on any atom is 0.460 e. The van der Waals surface area contributed by atoms with E-state index < -0.39 is 61.1 Å². The van der Waals surface area contributed by atoms with Gasteiger partial charge in [0.25, 0.3) is 0 Å². The number of nitrogens with zero attached hydrogens (tertiary/aromatic N) is 3. The lowest BCUT2D eigenvalue weighted by Crippen LogP contribution is -2.54. The fourth-order valence-electron chi connectivity index (χ4n) is 3.06. The predicted octanol–water partition coefficient (Wildman–Crippen LogP) is 6.29. The molecule has 1 saturated carbocycles. The molecule has 0 N–H and O–H groups in total. The Labute approximate surface area is 208 Å². The molecule has 0 radical (unpaired) electrons. The largest absolute Gasteiger partial charge is 0.460 e. The molecule has 6 nitrogen and oxygen atoms in total. The molecule has 1 fully saturated rings. The first-order valence-corrected chi connectivity index (χ1v) is 10.8. The summed E-state index contributed by atoms with van der Waals surface area (Å²) in [7, 11) is 0. The Morgan fingerprint density at radius 1 is 0.763 bits per heavy atom. The Balaban J connectivity index is 2.18. The average molecular weight is 573 g/mol. The van der Waals surface area contributed by atoms with Gasteiger partial charge in [-0.05, 0) is 31.1 Å². The molecule has 2 atom stereocenters. The summed E-state index contributed by atoms with van der Waals surface area (Å²) in [5.41, 5.74) is 0. The minimum absolute atomic E-state index is 0.121. The molecule has 0 bridgehead atoms. The Morgan fingerprint density at radius 2 is 1.24 bits per heavy atom. The topological polar surface area (TPSA) is 66.4 Å². The monoisotopic (exact) mass is 573 g/mol. The number of hydrogen-bond donors (Lipinski definition) is 0. The summed E-state index contributed by atoms with van der Waals surface area (Å²) in [6, 6.07) is -3.50. The third-order valence-electron chi connectivity index (χ3n) is 5.36. The lowest BCUT2D eigenvalue weighted by atomic mass is 10.0. The van der Waals surface area contributed by atoms with Crippen LogP contribution in [0.4, 0.5) is 48.3 Å². The third kappa shape index (κ3) is 7.82. The first-order chi connectivity index (χ1) is 17.3. The van der Waals surface area contributed by atoms with Crippen LogP contribution in [0.3, 0.4) is 0 Å². The number of rotatable bonds is 13. The Bertz CT molecular complexity index is 981. The third-order valence-corrected chi connectivity index (χ3v) is 5.36. The molecule has 1 aromatic rings. The summed E-state index contributed by atoms with van der Waals surface area (Å²) < 4.78 is 157. The molecule has 1 aliphatic rings. The first-order valence-electron chi connectivity index (χ1n) is 10.8. The highest BCUT2D eigenvalue weighted by Crippen LogP contribution is 2.46. The highest BCUT2D eigenvalue weighted by molar-refractivity contribution is 5.10. The second kappa shape index (κ2) is 11.5. The summed E-state index contributed by atoms with van der Waals surface area (Å²) in [5.74, 6) is -21.2. The van der Waals surface area contributed by atoms with Crippen molar-refractivity contribution in [3.05, 3.63) is 24.8 Å². The molecule has 0 aliphatic heterocycles. The van der Waals surface area contributed by atoms with E-state index in [2.05, 4.69) is 31.0 Å². The van der Waals surface area contributed by atoms with Crippen molar-refractivity contribution >= 4 is 0 Å². The lowest BCUT2D eigenvalue weighted by Gasteiger charge is -2.27. The summed E-state index contributed by atoms with van der Waals surface area (Å²) >= 11 is 0. The predicted molar refractivity (Wildman–Crippen MR) is 108 cm³/mol. The maximum atomic E-state index is 13.5. The molecular weight excluding hydrogens is 551 g/mol. The summed E-state index contributed by atoms with van der Waals surface area (Å²) in [6.07, 6.45) is 0.998. The molecule has 0 aromatic carbocycles. The highest BCUT2D eigenvalue weighted by atomic mass is 19.4. The van der Waals surface area contributed by atoms with Gasteiger partial charge in [-0.2, -0.15) is 39.5 Å². The van der Waals surface area contributed by atoms with Crippen molar-refractivity contribution in [1.82, 2.24) is 15.0 Å². The molecule has 216 valence electrons. The van der Waals surface area contributed by atoms with Gasteiger partial charge >= 0.3 is 47.9 Å². The standard InChI is InChI=1S/C21H22F11N3O3/c1-3-12-6-7-13(9-12)5-4-8-36-14-33-15(37-10-18(24,25)17(2,22)23)35-16(34-14)38-11-19(26,27)20(28,29)21(30,31)32/h3-5,12-13H,1,6-11H2,2H3/b5-4+. The van der Waals surface area contributed by atoms with E-state index in [-0.39, 0.29) is 19.4 Å². The van der Waals surface area contributed by atoms with Crippen molar-refractivity contribution in [2.75, 3.05) is 19.8 Å². The number of ether oxygens (including phenoxy) is 3. The van der Waals surface area contributed by atoms with Gasteiger partial charge in [-0.3, -0.25) is 0 Å². The Hall–Kier alpha value is -2.88. The number of alkyl halides is 11. The van der Waals surface area contributed by atoms with E-state index in [4.69, 9.17) is 4.74 Å². The van der Waals surface area contributed by atoms with Crippen molar-refractivity contribution in [3.63, 3.8) is 0 Å². The van der Waals surface area contributed by atoms with Gasteiger partial charge in [-0.1, -0.05) is 18.2 Å². The lowest BCUT2D eigenvalue weighted by molar-refractivity contribution is -0.358. The van der Waals surface area contributed by atoms with Gasteiger partial charge in [0.15, 0.2) is 13.2 Å². The zero-order valence-electron chi connectivity index (χ0n) is 19.6. The fourth-order valence-corrected chi connectivity index (χ4v) is 3.06. The zero-order valence-corrected chi connectivity index (χ0v) is 19.6. The van der Waals surface area contributed by atoms with Crippen molar-refractivity contribution < 1.29 is 62.5 Å². The zero-order chi connectivity index (χ0) is 29.0. The van der Waals surface area contributed by atoms with Crippen LogP contribution in [0.5, 0.6) is 18.0 Å². The SMILES string of the molecule is C=CC1CCC(/C=C/COc2nc(OCC(F)(F)C(C)(F)F)nc(OCC(F)(F)C(F)(F)C(F)(F)F)n2)C1. The van der Waals surface area contributed by atoms with E-state index in [1.807, 2.05) is 6.08 Å². The minimum atomic E-state index is -6.64. The van der Waals surface area contributed by atoms with Crippen LogP contribution < -0.4 is 14.2 Å². The number of allylic oxidation sites excluding steroid dienone is 2. The van der Waals surface area contributed by atoms with Crippen LogP contribution in [0.15, 0.2) is 24.8 Å². The van der Waals surface area contributed by atoms with Crippen LogP contribution in [0.25, 0.3) is 0 Å². The summed E-state index contributed by atoms with van der Waals surface area (Å²) in [5, 5.41) is 0.